The van der Waals surface area contributed by atoms with Gasteiger partial charge in [0.1, 0.15) is 0 Å². The van der Waals surface area contributed by atoms with Gasteiger partial charge in [0.25, 0.3) is 0 Å². The van der Waals surface area contributed by atoms with Crippen LogP contribution >= 0.6 is 0 Å². The van der Waals surface area contributed by atoms with Crippen LogP contribution < -0.4 is 5.32 Å². The largest absolute Gasteiger partial charge is 0.389 e. The van der Waals surface area contributed by atoms with Gasteiger partial charge in [0.05, 0.1) is 5.60 Å². The summed E-state index contributed by atoms with van der Waals surface area (Å²) >= 11 is 0. The molecule has 0 aromatic heterocycles. The zero-order valence-corrected chi connectivity index (χ0v) is 12.9. The molecule has 0 aliphatic heterocycles. The number of rotatable bonds is 7. The second-order valence-electron chi connectivity index (χ2n) is 5.86. The monoisotopic (exact) mass is 283 g/mol. The maximum Gasteiger partial charge on any atom is 0.0740 e. The number of nitrogens with one attached hydrogen (secondary N) is 1. The minimum Gasteiger partial charge on any atom is -0.389 e. The molecule has 2 heteroatoms. The summed E-state index contributed by atoms with van der Waals surface area (Å²) in [5.74, 6) is 0.306. The molecule has 0 fully saturated rings. The molecule has 0 saturated heterocycles. The van der Waals surface area contributed by atoms with Gasteiger partial charge < -0.3 is 10.4 Å². The van der Waals surface area contributed by atoms with Crippen molar-refractivity contribution in [2.45, 2.75) is 31.8 Å². The fourth-order valence-electron chi connectivity index (χ4n) is 2.41. The Bertz CT molecular complexity index is 482. The van der Waals surface area contributed by atoms with Crippen molar-refractivity contribution >= 4 is 0 Å². The van der Waals surface area contributed by atoms with E-state index < -0.39 is 5.60 Å². The molecule has 0 aliphatic rings. The van der Waals surface area contributed by atoms with Crippen LogP contribution in [0.25, 0.3) is 0 Å². The first kappa shape index (κ1) is 15.7. The van der Waals surface area contributed by atoms with Crippen LogP contribution in [-0.2, 0) is 0 Å². The quantitative estimate of drug-likeness (QED) is 0.814. The Labute approximate surface area is 127 Å². The molecule has 2 aromatic rings. The third-order valence-electron chi connectivity index (χ3n) is 4.02. The number of aliphatic hydroxyl groups is 1. The van der Waals surface area contributed by atoms with Gasteiger partial charge in [0, 0.05) is 19.0 Å². The molecular weight excluding hydrogens is 258 g/mol. The first-order valence-electron chi connectivity index (χ1n) is 7.65. The number of benzene rings is 2. The van der Waals surface area contributed by atoms with Crippen molar-refractivity contribution in [2.75, 3.05) is 13.1 Å². The summed E-state index contributed by atoms with van der Waals surface area (Å²) in [5, 5.41) is 13.5. The lowest BCUT2D eigenvalue weighted by molar-refractivity contribution is 0.0559. The summed E-state index contributed by atoms with van der Waals surface area (Å²) in [7, 11) is 0. The van der Waals surface area contributed by atoms with E-state index in [1.165, 1.54) is 11.1 Å². The number of hydrogen-bond acceptors (Lipinski definition) is 2. The average Bonchev–Trinajstić information content (AvgIpc) is 2.53. The predicted octanol–water partition coefficient (Wildman–Crippen LogP) is 3.57. The molecule has 0 radical (unpaired) electrons. The van der Waals surface area contributed by atoms with Crippen LogP contribution in [0.2, 0.25) is 0 Å². The molecule has 1 atom stereocenters. The summed E-state index contributed by atoms with van der Waals surface area (Å²) in [6, 6.07) is 21.0. The van der Waals surface area contributed by atoms with Crippen LogP contribution in [0.1, 0.15) is 37.3 Å². The second kappa shape index (κ2) is 7.39. The van der Waals surface area contributed by atoms with Crippen LogP contribution in [-0.4, -0.2) is 23.8 Å². The van der Waals surface area contributed by atoms with E-state index in [0.29, 0.717) is 12.5 Å². The van der Waals surface area contributed by atoms with Gasteiger partial charge in [-0.15, -0.1) is 0 Å². The zero-order chi connectivity index (χ0) is 15.1. The van der Waals surface area contributed by atoms with E-state index in [2.05, 4.69) is 53.8 Å². The summed E-state index contributed by atoms with van der Waals surface area (Å²) in [5.41, 5.74) is 1.96. The molecule has 21 heavy (non-hydrogen) atoms. The van der Waals surface area contributed by atoms with Crippen LogP contribution in [0.4, 0.5) is 0 Å². The van der Waals surface area contributed by atoms with Crippen molar-refractivity contribution in [3.63, 3.8) is 0 Å². The van der Waals surface area contributed by atoms with Gasteiger partial charge in [-0.25, -0.2) is 0 Å². The SMILES string of the molecule is CCC(C)(O)CNCC(c1ccccc1)c1ccccc1. The minimum absolute atomic E-state index is 0.306. The van der Waals surface area contributed by atoms with E-state index in [1.807, 2.05) is 26.0 Å². The van der Waals surface area contributed by atoms with Crippen molar-refractivity contribution in [1.82, 2.24) is 5.32 Å². The molecule has 0 aliphatic carbocycles. The van der Waals surface area contributed by atoms with Crippen molar-refractivity contribution in [2.24, 2.45) is 0 Å². The van der Waals surface area contributed by atoms with Crippen molar-refractivity contribution < 1.29 is 5.11 Å². The van der Waals surface area contributed by atoms with Gasteiger partial charge in [-0.2, -0.15) is 0 Å². The van der Waals surface area contributed by atoms with E-state index >= 15 is 0 Å². The highest BCUT2D eigenvalue weighted by Crippen LogP contribution is 2.23. The van der Waals surface area contributed by atoms with Crippen LogP contribution in [0, 0.1) is 0 Å². The Balaban J connectivity index is 2.11. The van der Waals surface area contributed by atoms with Gasteiger partial charge in [-0.05, 0) is 24.5 Å². The molecule has 2 rings (SSSR count). The van der Waals surface area contributed by atoms with E-state index in [-0.39, 0.29) is 0 Å². The average molecular weight is 283 g/mol. The summed E-state index contributed by atoms with van der Waals surface area (Å²) in [4.78, 5) is 0. The maximum absolute atomic E-state index is 10.1. The normalized spacial score (nSPS) is 14.1. The molecule has 0 spiro atoms. The Morgan fingerprint density at radius 3 is 1.86 bits per heavy atom. The van der Waals surface area contributed by atoms with Gasteiger partial charge in [0.15, 0.2) is 0 Å². The van der Waals surface area contributed by atoms with Crippen LogP contribution in [0.3, 0.4) is 0 Å². The summed E-state index contributed by atoms with van der Waals surface area (Å²) in [6.45, 7) is 5.32. The predicted molar refractivity (Wildman–Crippen MR) is 88.5 cm³/mol. The lowest BCUT2D eigenvalue weighted by Crippen LogP contribution is -2.38. The topological polar surface area (TPSA) is 32.3 Å². The van der Waals surface area contributed by atoms with Crippen LogP contribution in [0.15, 0.2) is 60.7 Å². The molecule has 112 valence electrons. The molecule has 0 saturated carbocycles. The Morgan fingerprint density at radius 1 is 0.952 bits per heavy atom. The highest BCUT2D eigenvalue weighted by molar-refractivity contribution is 5.32. The standard InChI is InChI=1S/C19H25NO/c1-3-19(2,21)15-20-14-18(16-10-6-4-7-11-16)17-12-8-5-9-13-17/h4-13,18,20-21H,3,14-15H2,1-2H3. The lowest BCUT2D eigenvalue weighted by atomic mass is 9.91. The van der Waals surface area contributed by atoms with Gasteiger partial charge in [-0.1, -0.05) is 67.6 Å². The van der Waals surface area contributed by atoms with Gasteiger partial charge >= 0.3 is 0 Å². The van der Waals surface area contributed by atoms with Crippen molar-refractivity contribution in [1.29, 1.82) is 0 Å². The third kappa shape index (κ3) is 4.69. The highest BCUT2D eigenvalue weighted by Gasteiger charge is 2.19. The smallest absolute Gasteiger partial charge is 0.0740 e. The van der Waals surface area contributed by atoms with Crippen molar-refractivity contribution in [3.8, 4) is 0 Å². The molecular formula is C19H25NO. The molecule has 0 heterocycles. The fourth-order valence-corrected chi connectivity index (χ4v) is 2.41. The van der Waals surface area contributed by atoms with E-state index in [0.717, 1.165) is 13.0 Å². The van der Waals surface area contributed by atoms with Crippen molar-refractivity contribution in [3.05, 3.63) is 71.8 Å². The van der Waals surface area contributed by atoms with E-state index in [9.17, 15) is 5.11 Å². The third-order valence-corrected chi connectivity index (χ3v) is 4.02. The fraction of sp³-hybridized carbons (Fsp3) is 0.368. The zero-order valence-electron chi connectivity index (χ0n) is 12.9. The molecule has 0 amide bonds. The van der Waals surface area contributed by atoms with E-state index in [1.54, 1.807) is 0 Å². The lowest BCUT2D eigenvalue weighted by Gasteiger charge is -2.24. The molecule has 1 unspecified atom stereocenters. The second-order valence-corrected chi connectivity index (χ2v) is 5.86. The first-order valence-corrected chi connectivity index (χ1v) is 7.65. The first-order chi connectivity index (χ1) is 10.1. The van der Waals surface area contributed by atoms with Gasteiger partial charge in [-0.3, -0.25) is 0 Å². The van der Waals surface area contributed by atoms with Crippen LogP contribution in [0.5, 0.6) is 0 Å². The summed E-state index contributed by atoms with van der Waals surface area (Å²) < 4.78 is 0. The molecule has 2 aromatic carbocycles. The maximum atomic E-state index is 10.1. The number of hydrogen-bond donors (Lipinski definition) is 2. The Hall–Kier alpha value is -1.64. The molecule has 2 nitrogen and oxygen atoms in total. The highest BCUT2D eigenvalue weighted by atomic mass is 16.3. The minimum atomic E-state index is -0.641. The molecule has 2 N–H and O–H groups in total. The van der Waals surface area contributed by atoms with E-state index in [4.69, 9.17) is 0 Å². The summed E-state index contributed by atoms with van der Waals surface area (Å²) in [6.07, 6.45) is 0.751. The molecule has 0 bridgehead atoms. The Morgan fingerprint density at radius 2 is 1.43 bits per heavy atom. The van der Waals surface area contributed by atoms with Gasteiger partial charge in [0.2, 0.25) is 0 Å². The Kier molecular flexibility index (Phi) is 5.54.